The summed E-state index contributed by atoms with van der Waals surface area (Å²) < 4.78 is 16.8. The van der Waals surface area contributed by atoms with Crippen molar-refractivity contribution in [3.05, 3.63) is 64.1 Å². The number of nitrogens with zero attached hydrogens (tertiary/aromatic N) is 1. The maximum atomic E-state index is 14.5. The number of benzene rings is 2. The van der Waals surface area contributed by atoms with Gasteiger partial charge in [0.2, 0.25) is 5.69 Å². The topological polar surface area (TPSA) is 3.88 Å². The first-order valence-corrected chi connectivity index (χ1v) is 14.7. The van der Waals surface area contributed by atoms with Gasteiger partial charge in [0.15, 0.2) is 5.69 Å². The van der Waals surface area contributed by atoms with Gasteiger partial charge >= 0.3 is 0 Å². The minimum atomic E-state index is -0.944. The number of halogens is 1. The normalized spacial score (nSPS) is 16.9. The molecule has 0 aliphatic carbocycles. The monoisotopic (exact) mass is 420 g/mol. The Kier molecular flexibility index (Phi) is 5.38. The molecule has 30 heavy (non-hydrogen) atoms. The summed E-state index contributed by atoms with van der Waals surface area (Å²) in [5, 5.41) is 2.56. The summed E-state index contributed by atoms with van der Waals surface area (Å²) in [6.45, 7) is 13.1. The van der Waals surface area contributed by atoms with Gasteiger partial charge in [0.1, 0.15) is 12.9 Å². The third-order valence-corrected chi connectivity index (χ3v) is 10.9. The summed E-state index contributed by atoms with van der Waals surface area (Å²) in [5.41, 5.74) is 7.56. The van der Waals surface area contributed by atoms with E-state index in [9.17, 15) is 4.39 Å². The Bertz CT molecular complexity index is 1140. The summed E-state index contributed by atoms with van der Waals surface area (Å²) in [4.78, 5) is 0. The van der Waals surface area contributed by atoms with Gasteiger partial charge in [-0.1, -0.05) is 37.3 Å². The van der Waals surface area contributed by atoms with E-state index in [0.29, 0.717) is 11.5 Å². The third-order valence-electron chi connectivity index (χ3n) is 7.63. The van der Waals surface area contributed by atoms with Crippen molar-refractivity contribution in [3.8, 4) is 11.3 Å². The van der Waals surface area contributed by atoms with Gasteiger partial charge in [-0.05, 0) is 79.3 Å². The number of pyridine rings is 1. The predicted octanol–water partition coefficient (Wildman–Crippen LogP) is 7.29. The molecule has 1 fully saturated rings. The van der Waals surface area contributed by atoms with E-state index >= 15 is 0 Å². The summed E-state index contributed by atoms with van der Waals surface area (Å²) >= 11 is 0. The Morgan fingerprint density at radius 3 is 2.27 bits per heavy atom. The van der Waals surface area contributed by atoms with Gasteiger partial charge in [0.25, 0.3) is 0 Å². The van der Waals surface area contributed by atoms with Crippen molar-refractivity contribution in [3.63, 3.8) is 0 Å². The Hall–Kier alpha value is -2.00. The SMILES string of the molecule is Cc1cc(-c2c3ccc(C4CC[Si](C)(C)CC4)cc3cc(C)[n+]2C)c(C)c(C)c1F. The highest BCUT2D eigenvalue weighted by molar-refractivity contribution is 6.77. The number of hydrogen-bond acceptors (Lipinski definition) is 0. The number of aromatic nitrogens is 1. The number of aryl methyl sites for hydroxylation is 2. The third kappa shape index (κ3) is 3.62. The fourth-order valence-corrected chi connectivity index (χ4v) is 7.71. The zero-order chi connectivity index (χ0) is 21.8. The van der Waals surface area contributed by atoms with E-state index < -0.39 is 8.07 Å². The Morgan fingerprint density at radius 1 is 0.933 bits per heavy atom. The summed E-state index contributed by atoms with van der Waals surface area (Å²) in [5.74, 6) is 0.617. The Morgan fingerprint density at radius 2 is 1.60 bits per heavy atom. The van der Waals surface area contributed by atoms with Crippen LogP contribution in [0.5, 0.6) is 0 Å². The number of rotatable bonds is 2. The van der Waals surface area contributed by atoms with E-state index in [2.05, 4.69) is 55.9 Å². The highest BCUT2D eigenvalue weighted by Gasteiger charge is 2.30. The fourth-order valence-electron chi connectivity index (χ4n) is 5.20. The van der Waals surface area contributed by atoms with Crippen molar-refractivity contribution in [1.29, 1.82) is 0 Å². The smallest absolute Gasteiger partial charge is 0.206 e. The lowest BCUT2D eigenvalue weighted by atomic mass is 9.89. The van der Waals surface area contributed by atoms with Crippen LogP contribution >= 0.6 is 0 Å². The summed E-state index contributed by atoms with van der Waals surface area (Å²) in [6, 6.07) is 14.3. The van der Waals surface area contributed by atoms with Gasteiger partial charge in [-0.2, -0.15) is 4.57 Å². The van der Waals surface area contributed by atoms with Crippen molar-refractivity contribution in [2.45, 2.75) is 71.6 Å². The molecule has 1 aliphatic rings. The maximum absolute atomic E-state index is 14.5. The predicted molar refractivity (Wildman–Crippen MR) is 129 cm³/mol. The second kappa shape index (κ2) is 7.60. The largest absolute Gasteiger partial charge is 0.220 e. The van der Waals surface area contributed by atoms with Crippen molar-refractivity contribution in [1.82, 2.24) is 0 Å². The van der Waals surface area contributed by atoms with Gasteiger partial charge in [0, 0.05) is 21.1 Å². The summed E-state index contributed by atoms with van der Waals surface area (Å²) in [7, 11) is 1.18. The van der Waals surface area contributed by atoms with Crippen LogP contribution in [0.1, 0.15) is 46.7 Å². The first-order valence-electron chi connectivity index (χ1n) is 11.3. The molecule has 0 N–H and O–H groups in total. The van der Waals surface area contributed by atoms with Crippen LogP contribution in [0.2, 0.25) is 25.2 Å². The van der Waals surface area contributed by atoms with Crippen LogP contribution < -0.4 is 4.57 Å². The molecule has 4 rings (SSSR count). The average molecular weight is 421 g/mol. The highest BCUT2D eigenvalue weighted by atomic mass is 28.3. The highest BCUT2D eigenvalue weighted by Crippen LogP contribution is 2.40. The van der Waals surface area contributed by atoms with E-state index in [4.69, 9.17) is 0 Å². The quantitative estimate of drug-likeness (QED) is 0.303. The lowest BCUT2D eigenvalue weighted by Crippen LogP contribution is -2.35. The van der Waals surface area contributed by atoms with Crippen LogP contribution in [0, 0.1) is 33.5 Å². The molecule has 1 nitrogen and oxygen atoms in total. The van der Waals surface area contributed by atoms with E-state index in [1.165, 1.54) is 52.7 Å². The molecule has 0 radical (unpaired) electrons. The number of hydrogen-bond donors (Lipinski definition) is 0. The molecule has 2 heterocycles. The van der Waals surface area contributed by atoms with Crippen LogP contribution in [-0.2, 0) is 7.05 Å². The van der Waals surface area contributed by atoms with Crippen LogP contribution in [0.15, 0.2) is 30.3 Å². The maximum Gasteiger partial charge on any atom is 0.220 e. The zero-order valence-electron chi connectivity index (χ0n) is 19.6. The molecule has 0 amide bonds. The lowest BCUT2D eigenvalue weighted by molar-refractivity contribution is -0.665. The molecule has 1 aliphatic heterocycles. The molecular weight excluding hydrogens is 385 g/mol. The first-order chi connectivity index (χ1) is 14.1. The molecule has 1 saturated heterocycles. The molecular formula is C27H35FNSi+. The zero-order valence-corrected chi connectivity index (χ0v) is 20.6. The number of fused-ring (bicyclic) bond motifs is 1. The van der Waals surface area contributed by atoms with Crippen molar-refractivity contribution < 1.29 is 8.96 Å². The van der Waals surface area contributed by atoms with Gasteiger partial charge in [-0.15, -0.1) is 0 Å². The minimum absolute atomic E-state index is 0.0816. The molecule has 2 aromatic carbocycles. The minimum Gasteiger partial charge on any atom is -0.206 e. The van der Waals surface area contributed by atoms with Crippen molar-refractivity contribution in [2.24, 2.45) is 7.05 Å². The van der Waals surface area contributed by atoms with Crippen LogP contribution in [0.4, 0.5) is 4.39 Å². The van der Waals surface area contributed by atoms with Crippen LogP contribution in [-0.4, -0.2) is 8.07 Å². The second-order valence-corrected chi connectivity index (χ2v) is 15.6. The van der Waals surface area contributed by atoms with Gasteiger partial charge in [-0.3, -0.25) is 0 Å². The van der Waals surface area contributed by atoms with Gasteiger partial charge < -0.3 is 0 Å². The van der Waals surface area contributed by atoms with Crippen LogP contribution in [0.3, 0.4) is 0 Å². The molecule has 0 unspecified atom stereocenters. The molecule has 3 heteroatoms. The van der Waals surface area contributed by atoms with E-state index in [0.717, 1.165) is 16.7 Å². The van der Waals surface area contributed by atoms with Crippen molar-refractivity contribution in [2.75, 3.05) is 0 Å². The van der Waals surface area contributed by atoms with Crippen molar-refractivity contribution >= 4 is 18.8 Å². The van der Waals surface area contributed by atoms with Gasteiger partial charge in [0.05, 0.1) is 10.9 Å². The molecule has 158 valence electrons. The summed E-state index contributed by atoms with van der Waals surface area (Å²) in [6.07, 6.45) is 2.68. The first kappa shape index (κ1) is 21.2. The molecule has 0 atom stereocenters. The van der Waals surface area contributed by atoms with Gasteiger partial charge in [-0.25, -0.2) is 4.39 Å². The molecule has 0 bridgehead atoms. The average Bonchev–Trinajstić information content (AvgIpc) is 2.70. The molecule has 0 spiro atoms. The van der Waals surface area contributed by atoms with E-state index in [1.807, 2.05) is 26.8 Å². The standard InChI is InChI=1S/C27H35FNSi/c1-17-14-25(19(3)20(4)26(17)28)27-24-9-8-22(16-23(24)15-18(2)29(27)5)21-10-12-30(6,7)13-11-21/h8-9,14-16,21H,10-13H2,1-7H3/q+1. The fraction of sp³-hybridized carbons (Fsp3) is 0.444. The van der Waals surface area contributed by atoms with E-state index in [1.54, 1.807) is 0 Å². The lowest BCUT2D eigenvalue weighted by Gasteiger charge is -2.33. The Labute approximate surface area is 182 Å². The molecule has 0 saturated carbocycles. The van der Waals surface area contributed by atoms with E-state index in [-0.39, 0.29) is 5.82 Å². The molecule has 1 aromatic heterocycles. The second-order valence-electron chi connectivity index (χ2n) is 10.3. The molecule has 3 aromatic rings. The Balaban J connectivity index is 1.87. The van der Waals surface area contributed by atoms with Crippen LogP contribution in [0.25, 0.3) is 22.0 Å².